The van der Waals surface area contributed by atoms with Crippen molar-refractivity contribution in [2.75, 3.05) is 5.32 Å². The molecule has 1 N–H and O–H groups in total. The van der Waals surface area contributed by atoms with Gasteiger partial charge in [0.1, 0.15) is 0 Å². The Labute approximate surface area is 116 Å². The number of nitrogens with zero attached hydrogens (tertiary/aromatic N) is 1. The van der Waals surface area contributed by atoms with E-state index in [2.05, 4.69) is 11.4 Å². The van der Waals surface area contributed by atoms with Gasteiger partial charge in [0.15, 0.2) is 5.13 Å². The van der Waals surface area contributed by atoms with Crippen LogP contribution >= 0.6 is 22.9 Å². The van der Waals surface area contributed by atoms with Crippen molar-refractivity contribution < 1.29 is 0 Å². The monoisotopic (exact) mass is 280 g/mol. The van der Waals surface area contributed by atoms with Crippen LogP contribution in [0.3, 0.4) is 0 Å². The molecule has 4 heteroatoms. The maximum absolute atomic E-state index is 6.13. The van der Waals surface area contributed by atoms with E-state index in [0.29, 0.717) is 6.04 Å². The zero-order valence-electron chi connectivity index (χ0n) is 10.5. The number of hydrogen-bond acceptors (Lipinski definition) is 3. The SMILES string of the molecule is Cc1c(Cl)ccc2sc(NC3CCCCC3)nc12. The lowest BCUT2D eigenvalue weighted by Gasteiger charge is -2.22. The molecule has 2 aromatic rings. The molecule has 1 heterocycles. The summed E-state index contributed by atoms with van der Waals surface area (Å²) in [6, 6.07) is 4.63. The molecule has 0 spiro atoms. The maximum atomic E-state index is 6.13. The second-order valence-electron chi connectivity index (χ2n) is 5.02. The normalized spacial score (nSPS) is 17.2. The van der Waals surface area contributed by atoms with Gasteiger partial charge >= 0.3 is 0 Å². The largest absolute Gasteiger partial charge is 0.359 e. The second-order valence-corrected chi connectivity index (χ2v) is 6.46. The summed E-state index contributed by atoms with van der Waals surface area (Å²) in [7, 11) is 0. The average Bonchev–Trinajstić information content (AvgIpc) is 2.79. The van der Waals surface area contributed by atoms with Gasteiger partial charge < -0.3 is 5.32 Å². The lowest BCUT2D eigenvalue weighted by atomic mass is 9.96. The number of thiazole rings is 1. The Balaban J connectivity index is 1.86. The molecule has 3 rings (SSSR count). The van der Waals surface area contributed by atoms with E-state index in [0.717, 1.165) is 21.2 Å². The maximum Gasteiger partial charge on any atom is 0.184 e. The molecule has 1 fully saturated rings. The van der Waals surface area contributed by atoms with Crippen LogP contribution in [-0.2, 0) is 0 Å². The highest BCUT2D eigenvalue weighted by atomic mass is 35.5. The lowest BCUT2D eigenvalue weighted by Crippen LogP contribution is -2.21. The number of benzene rings is 1. The third kappa shape index (κ3) is 2.34. The van der Waals surface area contributed by atoms with Crippen LogP contribution in [-0.4, -0.2) is 11.0 Å². The third-order valence-electron chi connectivity index (χ3n) is 3.68. The van der Waals surface area contributed by atoms with Gasteiger partial charge in [0.25, 0.3) is 0 Å². The van der Waals surface area contributed by atoms with Crippen LogP contribution in [0.25, 0.3) is 10.2 Å². The Kier molecular flexibility index (Phi) is 3.44. The summed E-state index contributed by atoms with van der Waals surface area (Å²) in [5.41, 5.74) is 2.13. The van der Waals surface area contributed by atoms with E-state index in [4.69, 9.17) is 16.6 Å². The fourth-order valence-electron chi connectivity index (χ4n) is 2.58. The van der Waals surface area contributed by atoms with E-state index >= 15 is 0 Å². The number of aryl methyl sites for hydroxylation is 1. The summed E-state index contributed by atoms with van der Waals surface area (Å²) in [6.07, 6.45) is 6.61. The van der Waals surface area contributed by atoms with Crippen LogP contribution in [0.5, 0.6) is 0 Å². The van der Waals surface area contributed by atoms with Crippen LogP contribution in [0.2, 0.25) is 5.02 Å². The fraction of sp³-hybridized carbons (Fsp3) is 0.500. The van der Waals surface area contributed by atoms with Crippen molar-refractivity contribution >= 4 is 38.3 Å². The van der Waals surface area contributed by atoms with Crippen molar-refractivity contribution in [3.05, 3.63) is 22.7 Å². The van der Waals surface area contributed by atoms with E-state index < -0.39 is 0 Å². The summed E-state index contributed by atoms with van der Waals surface area (Å²) in [6.45, 7) is 2.04. The third-order valence-corrected chi connectivity index (χ3v) is 5.04. The van der Waals surface area contributed by atoms with E-state index in [1.54, 1.807) is 11.3 Å². The van der Waals surface area contributed by atoms with Gasteiger partial charge in [-0.2, -0.15) is 0 Å². The number of nitrogens with one attached hydrogen (secondary N) is 1. The number of rotatable bonds is 2. The van der Waals surface area contributed by atoms with E-state index in [1.807, 2.05) is 13.0 Å². The minimum absolute atomic E-state index is 0.607. The molecule has 0 bridgehead atoms. The molecule has 1 aliphatic rings. The summed E-state index contributed by atoms with van der Waals surface area (Å²) in [5.74, 6) is 0. The van der Waals surface area contributed by atoms with Crippen molar-refractivity contribution in [3.8, 4) is 0 Å². The number of hydrogen-bond donors (Lipinski definition) is 1. The van der Waals surface area contributed by atoms with Crippen molar-refractivity contribution in [1.29, 1.82) is 0 Å². The van der Waals surface area contributed by atoms with E-state index in [9.17, 15) is 0 Å². The van der Waals surface area contributed by atoms with Crippen molar-refractivity contribution in [1.82, 2.24) is 4.98 Å². The molecule has 1 aromatic carbocycles. The lowest BCUT2D eigenvalue weighted by molar-refractivity contribution is 0.462. The van der Waals surface area contributed by atoms with Crippen LogP contribution in [0.15, 0.2) is 12.1 Å². The first-order valence-electron chi connectivity index (χ1n) is 6.56. The van der Waals surface area contributed by atoms with Crippen LogP contribution < -0.4 is 5.32 Å². The molecule has 1 saturated carbocycles. The zero-order valence-corrected chi connectivity index (χ0v) is 12.1. The average molecular weight is 281 g/mol. The van der Waals surface area contributed by atoms with Gasteiger partial charge in [-0.25, -0.2) is 4.98 Å². The van der Waals surface area contributed by atoms with Gasteiger partial charge in [0.2, 0.25) is 0 Å². The standard InChI is InChI=1S/C14H17ClN2S/c1-9-11(15)7-8-12-13(9)17-14(18-12)16-10-5-3-2-4-6-10/h7-8,10H,2-6H2,1H3,(H,16,17). The molecule has 0 saturated heterocycles. The van der Waals surface area contributed by atoms with Crippen molar-refractivity contribution in [2.24, 2.45) is 0 Å². The van der Waals surface area contributed by atoms with Crippen LogP contribution in [0.1, 0.15) is 37.7 Å². The van der Waals surface area contributed by atoms with Crippen LogP contribution in [0, 0.1) is 6.92 Å². The Morgan fingerprint density at radius 2 is 2.06 bits per heavy atom. The molecule has 0 unspecified atom stereocenters. The van der Waals surface area contributed by atoms with Gasteiger partial charge in [-0.3, -0.25) is 0 Å². The molecule has 0 atom stereocenters. The van der Waals surface area contributed by atoms with Gasteiger partial charge in [-0.1, -0.05) is 42.2 Å². The summed E-state index contributed by atoms with van der Waals surface area (Å²) < 4.78 is 1.22. The number of halogens is 1. The summed E-state index contributed by atoms with van der Waals surface area (Å²) >= 11 is 7.87. The molecular weight excluding hydrogens is 264 g/mol. The predicted octanol–water partition coefficient (Wildman–Crippen LogP) is 5.00. The Bertz CT molecular complexity index is 558. The minimum atomic E-state index is 0.607. The number of fused-ring (bicyclic) bond motifs is 1. The topological polar surface area (TPSA) is 24.9 Å². The number of anilines is 1. The van der Waals surface area contributed by atoms with E-state index in [1.165, 1.54) is 36.8 Å². The first kappa shape index (κ1) is 12.2. The highest BCUT2D eigenvalue weighted by Gasteiger charge is 2.15. The first-order chi connectivity index (χ1) is 8.74. The Hall–Kier alpha value is -0.800. The van der Waals surface area contributed by atoms with Gasteiger partial charge in [0.05, 0.1) is 10.2 Å². The van der Waals surface area contributed by atoms with Crippen molar-refractivity contribution in [3.63, 3.8) is 0 Å². The molecule has 18 heavy (non-hydrogen) atoms. The smallest absolute Gasteiger partial charge is 0.184 e. The molecule has 0 amide bonds. The summed E-state index contributed by atoms with van der Waals surface area (Å²) in [4.78, 5) is 4.69. The van der Waals surface area contributed by atoms with Gasteiger partial charge in [-0.05, 0) is 37.5 Å². The van der Waals surface area contributed by atoms with Crippen molar-refractivity contribution in [2.45, 2.75) is 45.1 Å². The molecule has 0 aliphatic heterocycles. The van der Waals surface area contributed by atoms with E-state index in [-0.39, 0.29) is 0 Å². The molecule has 1 aliphatic carbocycles. The second kappa shape index (κ2) is 5.06. The molecule has 1 aromatic heterocycles. The molecule has 0 radical (unpaired) electrons. The zero-order chi connectivity index (χ0) is 12.5. The number of aromatic nitrogens is 1. The summed E-state index contributed by atoms with van der Waals surface area (Å²) in [5, 5.41) is 5.43. The highest BCUT2D eigenvalue weighted by molar-refractivity contribution is 7.22. The molecule has 96 valence electrons. The predicted molar refractivity (Wildman–Crippen MR) is 79.9 cm³/mol. The Morgan fingerprint density at radius 3 is 2.83 bits per heavy atom. The highest BCUT2D eigenvalue weighted by Crippen LogP contribution is 2.33. The molecule has 2 nitrogen and oxygen atoms in total. The fourth-order valence-corrected chi connectivity index (χ4v) is 3.74. The molecular formula is C14H17ClN2S. The van der Waals surface area contributed by atoms with Gasteiger partial charge in [-0.15, -0.1) is 0 Å². The first-order valence-corrected chi connectivity index (χ1v) is 7.75. The van der Waals surface area contributed by atoms with Crippen LogP contribution in [0.4, 0.5) is 5.13 Å². The minimum Gasteiger partial charge on any atom is -0.359 e. The van der Waals surface area contributed by atoms with Gasteiger partial charge in [0, 0.05) is 11.1 Å². The quantitative estimate of drug-likeness (QED) is 0.837. The Morgan fingerprint density at radius 1 is 1.28 bits per heavy atom.